The molecule has 0 aliphatic heterocycles. The molecule has 0 amide bonds. The number of nitrogens with one attached hydrogen (secondary N) is 1. The van der Waals surface area contributed by atoms with E-state index in [-0.39, 0.29) is 0 Å². The Labute approximate surface area is 127 Å². The third kappa shape index (κ3) is 2.85. The smallest absolute Gasteiger partial charge is 0.230 e. The molecule has 0 atom stereocenters. The Balaban J connectivity index is 1.95. The van der Waals surface area contributed by atoms with Gasteiger partial charge in [-0.05, 0) is 36.0 Å². The molecule has 1 aromatic carbocycles. The quantitative estimate of drug-likeness (QED) is 0.752. The lowest BCUT2D eigenvalue weighted by Crippen LogP contribution is -2.20. The summed E-state index contributed by atoms with van der Waals surface area (Å²) in [6.45, 7) is 0.709. The summed E-state index contributed by atoms with van der Waals surface area (Å²) < 4.78 is 2.50. The van der Waals surface area contributed by atoms with Crippen molar-refractivity contribution in [3.8, 4) is 5.69 Å². The monoisotopic (exact) mass is 297 g/mol. The maximum Gasteiger partial charge on any atom is 0.230 e. The van der Waals surface area contributed by atoms with Crippen molar-refractivity contribution in [2.75, 3.05) is 11.9 Å². The fourth-order valence-electron chi connectivity index (χ4n) is 2.19. The van der Waals surface area contributed by atoms with E-state index in [1.54, 1.807) is 6.20 Å². The molecule has 0 aliphatic carbocycles. The first-order chi connectivity index (χ1) is 10.3. The molecule has 0 aliphatic rings. The van der Waals surface area contributed by atoms with Crippen LogP contribution in [-0.2, 0) is 6.54 Å². The maximum absolute atomic E-state index is 5.34. The Morgan fingerprint density at radius 3 is 2.71 bits per heavy atom. The van der Waals surface area contributed by atoms with Crippen molar-refractivity contribution in [2.45, 2.75) is 6.54 Å². The van der Waals surface area contributed by atoms with Crippen LogP contribution in [0.3, 0.4) is 0 Å². The molecule has 1 N–H and O–H groups in total. The highest BCUT2D eigenvalue weighted by Crippen LogP contribution is 2.18. The first-order valence-corrected chi connectivity index (χ1v) is 6.99. The molecule has 21 heavy (non-hydrogen) atoms. The van der Waals surface area contributed by atoms with Crippen molar-refractivity contribution in [1.29, 1.82) is 0 Å². The number of hydrogen-bond acceptors (Lipinski definition) is 4. The van der Waals surface area contributed by atoms with E-state index in [0.717, 1.165) is 17.2 Å². The Kier molecular flexibility index (Phi) is 3.79. The van der Waals surface area contributed by atoms with Crippen LogP contribution in [-0.4, -0.2) is 26.8 Å². The van der Waals surface area contributed by atoms with E-state index >= 15 is 0 Å². The SMILES string of the molecule is CN(Cc1cccnc1)c1n[nH]c(=S)n1-c1ccccc1. The fraction of sp³-hybridized carbons (Fsp3) is 0.133. The highest BCUT2D eigenvalue weighted by molar-refractivity contribution is 7.71. The minimum absolute atomic E-state index is 0.578. The highest BCUT2D eigenvalue weighted by Gasteiger charge is 2.12. The van der Waals surface area contributed by atoms with Crippen LogP contribution in [0.15, 0.2) is 54.9 Å². The number of aromatic nitrogens is 4. The number of para-hydroxylation sites is 1. The summed E-state index contributed by atoms with van der Waals surface area (Å²) in [6.07, 6.45) is 3.62. The van der Waals surface area contributed by atoms with Gasteiger partial charge in [0.2, 0.25) is 10.7 Å². The summed E-state index contributed by atoms with van der Waals surface area (Å²) in [7, 11) is 1.98. The summed E-state index contributed by atoms with van der Waals surface area (Å²) in [5, 5.41) is 7.20. The zero-order valence-corrected chi connectivity index (χ0v) is 12.4. The van der Waals surface area contributed by atoms with E-state index in [2.05, 4.69) is 15.2 Å². The predicted octanol–water partition coefficient (Wildman–Crippen LogP) is 2.96. The van der Waals surface area contributed by atoms with Crippen LogP contribution in [0.2, 0.25) is 0 Å². The molecule has 6 heteroatoms. The van der Waals surface area contributed by atoms with Gasteiger partial charge in [-0.25, -0.2) is 5.10 Å². The van der Waals surface area contributed by atoms with Crippen molar-refractivity contribution < 1.29 is 0 Å². The van der Waals surface area contributed by atoms with Crippen molar-refractivity contribution >= 4 is 18.2 Å². The van der Waals surface area contributed by atoms with E-state index in [4.69, 9.17) is 12.2 Å². The van der Waals surface area contributed by atoms with Gasteiger partial charge in [-0.1, -0.05) is 24.3 Å². The lowest BCUT2D eigenvalue weighted by Gasteiger charge is -2.18. The van der Waals surface area contributed by atoms with Crippen LogP contribution in [0.5, 0.6) is 0 Å². The number of H-pyrrole nitrogens is 1. The predicted molar refractivity (Wildman–Crippen MR) is 85.1 cm³/mol. The first kappa shape index (κ1) is 13.5. The third-order valence-electron chi connectivity index (χ3n) is 3.15. The van der Waals surface area contributed by atoms with Gasteiger partial charge >= 0.3 is 0 Å². The molecule has 0 saturated heterocycles. The third-order valence-corrected chi connectivity index (χ3v) is 3.43. The molecule has 3 rings (SSSR count). The van der Waals surface area contributed by atoms with Gasteiger partial charge in [0.15, 0.2) is 0 Å². The Bertz CT molecular complexity index is 764. The van der Waals surface area contributed by atoms with E-state index in [9.17, 15) is 0 Å². The van der Waals surface area contributed by atoms with Gasteiger partial charge in [-0.3, -0.25) is 9.55 Å². The van der Waals surface area contributed by atoms with Crippen molar-refractivity contribution in [3.05, 3.63) is 65.2 Å². The minimum atomic E-state index is 0.578. The molecule has 5 nitrogen and oxygen atoms in total. The fourth-order valence-corrected chi connectivity index (χ4v) is 2.42. The van der Waals surface area contributed by atoms with E-state index in [1.165, 1.54) is 0 Å². The summed E-state index contributed by atoms with van der Waals surface area (Å²) in [4.78, 5) is 6.17. The zero-order valence-electron chi connectivity index (χ0n) is 11.6. The number of rotatable bonds is 4. The van der Waals surface area contributed by atoms with Crippen molar-refractivity contribution in [2.24, 2.45) is 0 Å². The van der Waals surface area contributed by atoms with Crippen LogP contribution >= 0.6 is 12.2 Å². The average molecular weight is 297 g/mol. The lowest BCUT2D eigenvalue weighted by atomic mass is 10.3. The Morgan fingerprint density at radius 2 is 2.00 bits per heavy atom. The largest absolute Gasteiger partial charge is 0.339 e. The molecule has 0 spiro atoms. The van der Waals surface area contributed by atoms with Crippen LogP contribution < -0.4 is 4.90 Å². The summed E-state index contributed by atoms with van der Waals surface area (Å²) in [5.74, 6) is 0.773. The van der Waals surface area contributed by atoms with Gasteiger partial charge in [-0.15, -0.1) is 5.10 Å². The molecule has 0 unspecified atom stereocenters. The van der Waals surface area contributed by atoms with E-state index in [1.807, 2.05) is 65.2 Å². The molecule has 106 valence electrons. The second-order valence-corrected chi connectivity index (χ2v) is 5.10. The van der Waals surface area contributed by atoms with Gasteiger partial charge in [0, 0.05) is 26.0 Å². The van der Waals surface area contributed by atoms with Gasteiger partial charge < -0.3 is 4.90 Å². The zero-order chi connectivity index (χ0) is 14.7. The van der Waals surface area contributed by atoms with Crippen LogP contribution in [0, 0.1) is 4.77 Å². The lowest BCUT2D eigenvalue weighted by molar-refractivity contribution is 0.839. The van der Waals surface area contributed by atoms with E-state index < -0.39 is 0 Å². The van der Waals surface area contributed by atoms with Gasteiger partial charge in [-0.2, -0.15) is 0 Å². The molecule has 2 heterocycles. The molecular formula is C15H15N5S. The molecule has 0 saturated carbocycles. The number of anilines is 1. The van der Waals surface area contributed by atoms with Gasteiger partial charge in [0.1, 0.15) is 0 Å². The highest BCUT2D eigenvalue weighted by atomic mass is 32.1. The number of hydrogen-bond donors (Lipinski definition) is 1. The number of benzene rings is 1. The van der Waals surface area contributed by atoms with Crippen molar-refractivity contribution in [1.82, 2.24) is 19.7 Å². The average Bonchev–Trinajstić information content (AvgIpc) is 2.91. The molecular weight excluding hydrogens is 282 g/mol. The second-order valence-electron chi connectivity index (χ2n) is 4.72. The molecule has 2 aromatic heterocycles. The topological polar surface area (TPSA) is 49.7 Å². The molecule has 0 radical (unpaired) electrons. The van der Waals surface area contributed by atoms with Crippen molar-refractivity contribution in [3.63, 3.8) is 0 Å². The Morgan fingerprint density at radius 1 is 1.19 bits per heavy atom. The normalized spacial score (nSPS) is 10.5. The maximum atomic E-state index is 5.34. The summed E-state index contributed by atoms with van der Waals surface area (Å²) in [5.41, 5.74) is 2.11. The number of pyridine rings is 1. The van der Waals surface area contributed by atoms with Crippen LogP contribution in [0.1, 0.15) is 5.56 Å². The molecule has 0 bridgehead atoms. The standard InChI is InChI=1S/C15H15N5S/c1-19(11-12-6-5-9-16-10-12)14-17-18-15(21)20(14)13-7-3-2-4-8-13/h2-10H,11H2,1H3,(H,18,21). The summed E-state index contributed by atoms with van der Waals surface area (Å²) in [6, 6.07) is 13.9. The van der Waals surface area contributed by atoms with Crippen LogP contribution in [0.25, 0.3) is 5.69 Å². The molecule has 0 fully saturated rings. The number of aromatic amines is 1. The number of nitrogens with zero attached hydrogens (tertiary/aromatic N) is 4. The second kappa shape index (κ2) is 5.88. The first-order valence-electron chi connectivity index (χ1n) is 6.58. The minimum Gasteiger partial charge on any atom is -0.339 e. The Hall–Kier alpha value is -2.47. The molecule has 3 aromatic rings. The van der Waals surface area contributed by atoms with Gasteiger partial charge in [0.05, 0.1) is 5.69 Å². The summed E-state index contributed by atoms with van der Waals surface area (Å²) >= 11 is 5.34. The van der Waals surface area contributed by atoms with Gasteiger partial charge in [0.25, 0.3) is 0 Å². The van der Waals surface area contributed by atoms with Crippen LogP contribution in [0.4, 0.5) is 5.95 Å². The van der Waals surface area contributed by atoms with E-state index in [0.29, 0.717) is 11.3 Å².